The van der Waals surface area contributed by atoms with E-state index in [9.17, 15) is 9.59 Å². The van der Waals surface area contributed by atoms with Gasteiger partial charge in [0.05, 0.1) is 0 Å². The highest BCUT2D eigenvalue weighted by molar-refractivity contribution is 5.88. The molecule has 1 aliphatic heterocycles. The van der Waals surface area contributed by atoms with Gasteiger partial charge in [0.15, 0.2) is 0 Å². The van der Waals surface area contributed by atoms with Crippen LogP contribution in [0, 0.1) is 0 Å². The molecule has 1 fully saturated rings. The van der Waals surface area contributed by atoms with Crippen LogP contribution >= 0.6 is 0 Å². The summed E-state index contributed by atoms with van der Waals surface area (Å²) in [7, 11) is 0. The standard InChI is InChI=1S/C13H18N4O2/c18-12-6-3-9-17(12)10-4-8-15-13(19)16-11-5-1-2-7-14-11/h1-2,5,7H,3-4,6,8-10H2,(H2,14,15,16,19). The molecule has 0 spiro atoms. The molecule has 6 nitrogen and oxygen atoms in total. The van der Waals surface area contributed by atoms with E-state index in [1.165, 1.54) is 0 Å². The fraction of sp³-hybridized carbons (Fsp3) is 0.462. The predicted molar refractivity (Wildman–Crippen MR) is 71.7 cm³/mol. The molecule has 2 N–H and O–H groups in total. The number of hydrogen-bond donors (Lipinski definition) is 2. The van der Waals surface area contributed by atoms with Crippen molar-refractivity contribution >= 4 is 17.8 Å². The van der Waals surface area contributed by atoms with Gasteiger partial charge < -0.3 is 10.2 Å². The van der Waals surface area contributed by atoms with Crippen LogP contribution in [0.1, 0.15) is 19.3 Å². The Labute approximate surface area is 112 Å². The van der Waals surface area contributed by atoms with Crippen molar-refractivity contribution < 1.29 is 9.59 Å². The molecule has 2 heterocycles. The summed E-state index contributed by atoms with van der Waals surface area (Å²) in [6.07, 6.45) is 4.00. The van der Waals surface area contributed by atoms with Crippen LogP contribution in [-0.4, -0.2) is 41.5 Å². The van der Waals surface area contributed by atoms with E-state index < -0.39 is 0 Å². The van der Waals surface area contributed by atoms with E-state index >= 15 is 0 Å². The van der Waals surface area contributed by atoms with Gasteiger partial charge in [-0.2, -0.15) is 0 Å². The Morgan fingerprint density at radius 1 is 1.42 bits per heavy atom. The Kier molecular flexibility index (Phi) is 4.72. The number of carbonyl (C=O) groups is 2. The average molecular weight is 262 g/mol. The molecule has 0 atom stereocenters. The Morgan fingerprint density at radius 2 is 2.32 bits per heavy atom. The minimum Gasteiger partial charge on any atom is -0.343 e. The summed E-state index contributed by atoms with van der Waals surface area (Å²) in [5, 5.41) is 5.38. The highest BCUT2D eigenvalue weighted by Crippen LogP contribution is 2.09. The lowest BCUT2D eigenvalue weighted by atomic mass is 10.4. The maximum atomic E-state index is 11.5. The predicted octanol–water partition coefficient (Wildman–Crippen LogP) is 1.22. The zero-order valence-corrected chi connectivity index (χ0v) is 10.8. The van der Waals surface area contributed by atoms with Crippen LogP contribution < -0.4 is 10.6 Å². The summed E-state index contributed by atoms with van der Waals surface area (Å²) >= 11 is 0. The van der Waals surface area contributed by atoms with E-state index in [0.717, 1.165) is 19.4 Å². The van der Waals surface area contributed by atoms with Crippen molar-refractivity contribution in [2.24, 2.45) is 0 Å². The van der Waals surface area contributed by atoms with Gasteiger partial charge in [-0.05, 0) is 25.0 Å². The first-order valence-corrected chi connectivity index (χ1v) is 6.49. The molecule has 0 bridgehead atoms. The second-order valence-corrected chi connectivity index (χ2v) is 4.43. The number of amides is 3. The average Bonchev–Trinajstić information content (AvgIpc) is 2.81. The fourth-order valence-electron chi connectivity index (χ4n) is 2.01. The number of carbonyl (C=O) groups excluding carboxylic acids is 2. The van der Waals surface area contributed by atoms with Gasteiger partial charge in [-0.25, -0.2) is 9.78 Å². The van der Waals surface area contributed by atoms with Crippen LogP contribution in [0.4, 0.5) is 10.6 Å². The second-order valence-electron chi connectivity index (χ2n) is 4.43. The number of anilines is 1. The molecule has 1 aliphatic rings. The van der Waals surface area contributed by atoms with E-state index in [4.69, 9.17) is 0 Å². The maximum absolute atomic E-state index is 11.5. The van der Waals surface area contributed by atoms with Crippen LogP contribution in [0.2, 0.25) is 0 Å². The minimum absolute atomic E-state index is 0.220. The van der Waals surface area contributed by atoms with Gasteiger partial charge in [0.1, 0.15) is 5.82 Å². The normalized spacial score (nSPS) is 14.5. The summed E-state index contributed by atoms with van der Waals surface area (Å²) in [6, 6.07) is 5.05. The van der Waals surface area contributed by atoms with Crippen LogP contribution in [0.15, 0.2) is 24.4 Å². The van der Waals surface area contributed by atoms with Crippen LogP contribution in [0.3, 0.4) is 0 Å². The molecule has 3 amide bonds. The van der Waals surface area contributed by atoms with E-state index in [2.05, 4.69) is 15.6 Å². The Balaban J connectivity index is 1.60. The zero-order chi connectivity index (χ0) is 13.5. The van der Waals surface area contributed by atoms with E-state index in [1.54, 1.807) is 18.3 Å². The number of urea groups is 1. The maximum Gasteiger partial charge on any atom is 0.320 e. The summed E-state index contributed by atoms with van der Waals surface area (Å²) in [5.41, 5.74) is 0. The van der Waals surface area contributed by atoms with Gasteiger partial charge in [0.2, 0.25) is 5.91 Å². The molecule has 102 valence electrons. The van der Waals surface area contributed by atoms with Crippen molar-refractivity contribution in [3.8, 4) is 0 Å². The van der Waals surface area contributed by atoms with Gasteiger partial charge >= 0.3 is 6.03 Å². The SMILES string of the molecule is O=C(NCCCN1CCCC1=O)Nc1ccccn1. The van der Waals surface area contributed by atoms with Gasteiger partial charge in [0, 0.05) is 32.3 Å². The first-order valence-electron chi connectivity index (χ1n) is 6.49. The third kappa shape index (κ3) is 4.24. The van der Waals surface area contributed by atoms with Crippen molar-refractivity contribution in [3.05, 3.63) is 24.4 Å². The summed E-state index contributed by atoms with van der Waals surface area (Å²) in [5.74, 6) is 0.743. The quantitative estimate of drug-likeness (QED) is 0.783. The van der Waals surface area contributed by atoms with Crippen LogP contribution in [-0.2, 0) is 4.79 Å². The molecule has 0 aromatic carbocycles. The molecular formula is C13H18N4O2. The molecule has 19 heavy (non-hydrogen) atoms. The first-order chi connectivity index (χ1) is 9.25. The Hall–Kier alpha value is -2.11. The first kappa shape index (κ1) is 13.3. The third-order valence-electron chi connectivity index (χ3n) is 2.97. The van der Waals surface area contributed by atoms with Crippen molar-refractivity contribution in [2.45, 2.75) is 19.3 Å². The lowest BCUT2D eigenvalue weighted by Crippen LogP contribution is -2.33. The van der Waals surface area contributed by atoms with E-state index in [1.807, 2.05) is 11.0 Å². The molecule has 0 radical (unpaired) electrons. The van der Waals surface area contributed by atoms with Crippen molar-refractivity contribution in [2.75, 3.05) is 25.0 Å². The molecule has 1 saturated heterocycles. The highest BCUT2D eigenvalue weighted by atomic mass is 16.2. The molecule has 0 saturated carbocycles. The van der Waals surface area contributed by atoms with E-state index in [-0.39, 0.29) is 11.9 Å². The largest absolute Gasteiger partial charge is 0.343 e. The lowest BCUT2D eigenvalue weighted by molar-refractivity contribution is -0.127. The van der Waals surface area contributed by atoms with Crippen LogP contribution in [0.5, 0.6) is 0 Å². The third-order valence-corrected chi connectivity index (χ3v) is 2.97. The fourth-order valence-corrected chi connectivity index (χ4v) is 2.01. The smallest absolute Gasteiger partial charge is 0.320 e. The molecular weight excluding hydrogens is 244 g/mol. The van der Waals surface area contributed by atoms with Crippen LogP contribution in [0.25, 0.3) is 0 Å². The van der Waals surface area contributed by atoms with Gasteiger partial charge in [-0.15, -0.1) is 0 Å². The summed E-state index contributed by atoms with van der Waals surface area (Å²) < 4.78 is 0. The highest BCUT2D eigenvalue weighted by Gasteiger charge is 2.18. The monoisotopic (exact) mass is 262 g/mol. The lowest BCUT2D eigenvalue weighted by Gasteiger charge is -2.15. The number of nitrogens with zero attached hydrogens (tertiary/aromatic N) is 2. The molecule has 1 aromatic rings. The van der Waals surface area contributed by atoms with Crippen molar-refractivity contribution in [1.82, 2.24) is 15.2 Å². The minimum atomic E-state index is -0.272. The number of nitrogens with one attached hydrogen (secondary N) is 2. The molecule has 1 aromatic heterocycles. The van der Waals surface area contributed by atoms with Gasteiger partial charge in [-0.3, -0.25) is 10.1 Å². The topological polar surface area (TPSA) is 74.3 Å². The number of hydrogen-bond acceptors (Lipinski definition) is 3. The Bertz CT molecular complexity index is 436. The number of aromatic nitrogens is 1. The van der Waals surface area contributed by atoms with Gasteiger partial charge in [0.25, 0.3) is 0 Å². The second kappa shape index (κ2) is 6.72. The summed E-state index contributed by atoms with van der Waals surface area (Å²) in [4.78, 5) is 28.7. The summed E-state index contributed by atoms with van der Waals surface area (Å²) in [6.45, 7) is 2.10. The van der Waals surface area contributed by atoms with Crippen molar-refractivity contribution in [1.29, 1.82) is 0 Å². The molecule has 0 aliphatic carbocycles. The molecule has 2 rings (SSSR count). The van der Waals surface area contributed by atoms with Crippen molar-refractivity contribution in [3.63, 3.8) is 0 Å². The zero-order valence-electron chi connectivity index (χ0n) is 10.8. The number of rotatable bonds is 5. The molecule has 6 heteroatoms. The number of pyridine rings is 1. The Morgan fingerprint density at radius 3 is 3.00 bits per heavy atom. The molecule has 0 unspecified atom stereocenters. The van der Waals surface area contributed by atoms with Gasteiger partial charge in [-0.1, -0.05) is 6.07 Å². The number of likely N-dealkylation sites (tertiary alicyclic amines) is 1. The van der Waals surface area contributed by atoms with E-state index in [0.29, 0.717) is 25.3 Å².